The molecule has 1 rings (SSSR count). The van der Waals surface area contributed by atoms with Gasteiger partial charge in [-0.1, -0.05) is 5.92 Å². The fraction of sp³-hybridized carbons (Fsp3) is 0.100. The molecule has 0 saturated carbocycles. The quantitative estimate of drug-likeness (QED) is 0.652. The van der Waals surface area contributed by atoms with E-state index >= 15 is 0 Å². The molecular formula is C10H8O3. The van der Waals surface area contributed by atoms with E-state index < -0.39 is 5.97 Å². The van der Waals surface area contributed by atoms with E-state index in [1.165, 1.54) is 0 Å². The molecular weight excluding hydrogens is 168 g/mol. The van der Waals surface area contributed by atoms with E-state index in [-0.39, 0.29) is 0 Å². The summed E-state index contributed by atoms with van der Waals surface area (Å²) < 4.78 is 4.93. The van der Waals surface area contributed by atoms with E-state index in [2.05, 4.69) is 5.92 Å². The van der Waals surface area contributed by atoms with Crippen LogP contribution in [0.1, 0.15) is 5.56 Å². The molecule has 3 nitrogen and oxygen atoms in total. The lowest BCUT2D eigenvalue weighted by molar-refractivity contribution is -0.130. The fourth-order valence-corrected chi connectivity index (χ4v) is 0.800. The number of hydrogen-bond acceptors (Lipinski definition) is 2. The molecule has 0 unspecified atom stereocenters. The molecule has 0 aliphatic heterocycles. The van der Waals surface area contributed by atoms with Gasteiger partial charge in [-0.2, -0.15) is 0 Å². The third kappa shape index (κ3) is 2.88. The second kappa shape index (κ2) is 4.17. The van der Waals surface area contributed by atoms with Crippen molar-refractivity contribution in [3.63, 3.8) is 0 Å². The number of rotatable bonds is 1. The Morgan fingerprint density at radius 2 is 2.00 bits per heavy atom. The smallest absolute Gasteiger partial charge is 0.382 e. The summed E-state index contributed by atoms with van der Waals surface area (Å²) in [7, 11) is 1.57. The van der Waals surface area contributed by atoms with Crippen LogP contribution in [-0.2, 0) is 4.79 Å². The molecule has 0 heterocycles. The average Bonchev–Trinajstić information content (AvgIpc) is 2.15. The number of carboxylic acid groups (broad SMARTS) is 1. The van der Waals surface area contributed by atoms with Gasteiger partial charge < -0.3 is 9.84 Å². The monoisotopic (exact) mass is 176 g/mol. The SMILES string of the molecule is COc1ccc(C#CC(=O)O)cc1. The van der Waals surface area contributed by atoms with Crippen molar-refractivity contribution in [3.05, 3.63) is 29.8 Å². The first-order valence-electron chi connectivity index (χ1n) is 3.61. The lowest BCUT2D eigenvalue weighted by Crippen LogP contribution is -1.87. The van der Waals surface area contributed by atoms with Gasteiger partial charge in [0.25, 0.3) is 0 Å². The molecule has 0 atom stereocenters. The van der Waals surface area contributed by atoms with Crippen LogP contribution in [0.5, 0.6) is 5.75 Å². The highest BCUT2D eigenvalue weighted by atomic mass is 16.5. The van der Waals surface area contributed by atoms with Crippen LogP contribution in [0.15, 0.2) is 24.3 Å². The highest BCUT2D eigenvalue weighted by Gasteiger charge is 1.90. The molecule has 0 amide bonds. The largest absolute Gasteiger partial charge is 0.497 e. The molecule has 1 N–H and O–H groups in total. The Balaban J connectivity index is 2.83. The molecule has 3 heteroatoms. The third-order valence-corrected chi connectivity index (χ3v) is 1.40. The van der Waals surface area contributed by atoms with Crippen LogP contribution in [0.3, 0.4) is 0 Å². The lowest BCUT2D eigenvalue weighted by Gasteiger charge is -1.96. The number of carboxylic acids is 1. The van der Waals surface area contributed by atoms with Gasteiger partial charge in [0.2, 0.25) is 0 Å². The van der Waals surface area contributed by atoms with Gasteiger partial charge in [0.15, 0.2) is 0 Å². The fourth-order valence-electron chi connectivity index (χ4n) is 0.800. The standard InChI is InChI=1S/C10H8O3/c1-13-9-5-2-8(3-6-9)4-7-10(11)12/h2-3,5-6H,1H3,(H,11,12). The van der Waals surface area contributed by atoms with Crippen molar-refractivity contribution in [1.82, 2.24) is 0 Å². The van der Waals surface area contributed by atoms with Crippen LogP contribution >= 0.6 is 0 Å². The second-order valence-corrected chi connectivity index (χ2v) is 2.28. The molecule has 13 heavy (non-hydrogen) atoms. The molecule has 0 bridgehead atoms. The van der Waals surface area contributed by atoms with Gasteiger partial charge >= 0.3 is 5.97 Å². The molecule has 0 radical (unpaired) electrons. The zero-order valence-electron chi connectivity index (χ0n) is 7.07. The molecule has 0 aliphatic rings. The van der Waals surface area contributed by atoms with Gasteiger partial charge in [0.1, 0.15) is 5.75 Å². The van der Waals surface area contributed by atoms with Crippen LogP contribution in [0.25, 0.3) is 0 Å². The number of carbonyl (C=O) groups is 1. The average molecular weight is 176 g/mol. The minimum Gasteiger partial charge on any atom is -0.497 e. The second-order valence-electron chi connectivity index (χ2n) is 2.28. The third-order valence-electron chi connectivity index (χ3n) is 1.40. The topological polar surface area (TPSA) is 46.5 Å². The summed E-state index contributed by atoms with van der Waals surface area (Å²) in [6, 6.07) is 6.86. The van der Waals surface area contributed by atoms with Crippen molar-refractivity contribution >= 4 is 5.97 Å². The van der Waals surface area contributed by atoms with Gasteiger partial charge in [0.05, 0.1) is 7.11 Å². The maximum Gasteiger partial charge on any atom is 0.382 e. The summed E-state index contributed by atoms with van der Waals surface area (Å²) in [4.78, 5) is 10.1. The van der Waals surface area contributed by atoms with E-state index in [9.17, 15) is 4.79 Å². The Bertz CT molecular complexity index is 354. The van der Waals surface area contributed by atoms with Crippen molar-refractivity contribution in [2.24, 2.45) is 0 Å². The zero-order valence-corrected chi connectivity index (χ0v) is 7.07. The predicted molar refractivity (Wildman–Crippen MR) is 47.5 cm³/mol. The molecule has 0 spiro atoms. The highest BCUT2D eigenvalue weighted by Crippen LogP contribution is 2.09. The molecule has 0 fully saturated rings. The molecule has 1 aromatic carbocycles. The Labute approximate surface area is 76.0 Å². The van der Waals surface area contributed by atoms with Crippen LogP contribution in [0, 0.1) is 11.8 Å². The maximum absolute atomic E-state index is 10.1. The van der Waals surface area contributed by atoms with Gasteiger partial charge in [-0.3, -0.25) is 0 Å². The van der Waals surface area contributed by atoms with Crippen molar-refractivity contribution < 1.29 is 14.6 Å². The van der Waals surface area contributed by atoms with Gasteiger partial charge in [-0.25, -0.2) is 4.79 Å². The van der Waals surface area contributed by atoms with E-state index in [4.69, 9.17) is 9.84 Å². The van der Waals surface area contributed by atoms with Crippen molar-refractivity contribution in [2.45, 2.75) is 0 Å². The maximum atomic E-state index is 10.1. The van der Waals surface area contributed by atoms with E-state index in [1.807, 2.05) is 5.92 Å². The molecule has 1 aromatic rings. The summed E-state index contributed by atoms with van der Waals surface area (Å²) in [6.45, 7) is 0. The molecule has 0 saturated heterocycles. The first-order chi connectivity index (χ1) is 6.22. The lowest BCUT2D eigenvalue weighted by atomic mass is 10.2. The number of ether oxygens (including phenoxy) is 1. The minimum atomic E-state index is -1.13. The highest BCUT2D eigenvalue weighted by molar-refractivity contribution is 5.87. The number of aliphatic carboxylic acids is 1. The Kier molecular flexibility index (Phi) is 2.93. The van der Waals surface area contributed by atoms with E-state index in [0.29, 0.717) is 5.56 Å². The van der Waals surface area contributed by atoms with Crippen LogP contribution in [0.2, 0.25) is 0 Å². The minimum absolute atomic E-state index is 0.656. The number of benzene rings is 1. The van der Waals surface area contributed by atoms with Gasteiger partial charge in [0, 0.05) is 11.5 Å². The van der Waals surface area contributed by atoms with Gasteiger partial charge in [-0.15, -0.1) is 0 Å². The van der Waals surface area contributed by atoms with E-state index in [0.717, 1.165) is 5.75 Å². The first-order valence-corrected chi connectivity index (χ1v) is 3.61. The van der Waals surface area contributed by atoms with Crippen LogP contribution in [-0.4, -0.2) is 18.2 Å². The summed E-state index contributed by atoms with van der Waals surface area (Å²) in [5, 5.41) is 8.28. The Morgan fingerprint density at radius 1 is 1.38 bits per heavy atom. The summed E-state index contributed by atoms with van der Waals surface area (Å²) in [6.07, 6.45) is 0. The molecule has 0 aliphatic carbocycles. The Hall–Kier alpha value is -1.95. The van der Waals surface area contributed by atoms with Gasteiger partial charge in [-0.05, 0) is 24.3 Å². The summed E-state index contributed by atoms with van der Waals surface area (Å²) in [5.74, 6) is 4.11. The summed E-state index contributed by atoms with van der Waals surface area (Å²) in [5.41, 5.74) is 0.656. The molecule has 0 aromatic heterocycles. The van der Waals surface area contributed by atoms with Crippen LogP contribution < -0.4 is 4.74 Å². The van der Waals surface area contributed by atoms with Crippen molar-refractivity contribution in [3.8, 4) is 17.6 Å². The first kappa shape index (κ1) is 9.14. The Morgan fingerprint density at radius 3 is 2.46 bits per heavy atom. The van der Waals surface area contributed by atoms with Crippen molar-refractivity contribution in [2.75, 3.05) is 7.11 Å². The molecule has 66 valence electrons. The summed E-state index contributed by atoms with van der Waals surface area (Å²) >= 11 is 0. The number of methoxy groups -OCH3 is 1. The van der Waals surface area contributed by atoms with E-state index in [1.54, 1.807) is 31.4 Å². The normalized spacial score (nSPS) is 8.38. The zero-order chi connectivity index (χ0) is 9.68. The predicted octanol–water partition coefficient (Wildman–Crippen LogP) is 1.13. The van der Waals surface area contributed by atoms with Crippen molar-refractivity contribution in [1.29, 1.82) is 0 Å². The van der Waals surface area contributed by atoms with Crippen LogP contribution in [0.4, 0.5) is 0 Å². The number of hydrogen-bond donors (Lipinski definition) is 1.